The predicted molar refractivity (Wildman–Crippen MR) is 141 cm³/mol. The smallest absolute Gasteiger partial charge is 0.261 e. The van der Waals surface area contributed by atoms with Crippen molar-refractivity contribution >= 4 is 25.0 Å². The zero-order chi connectivity index (χ0) is 25.1. The predicted octanol–water partition coefficient (Wildman–Crippen LogP) is 5.19. The van der Waals surface area contributed by atoms with Crippen LogP contribution in [-0.4, -0.2) is 39.2 Å². The first-order valence-electron chi connectivity index (χ1n) is 12.5. The standard InChI is InChI=1S/C29H42O4Si/c1-21(19-30)26-23(3)27(33-29(7,8)32-26)22(2)20-31-34(28(4,5)6,24-15-11-9-12-16-24)25-17-13-10-14-18-25/h9-19,21-23,26-27H,20H2,1-8H3/t21-,22+,23-,26-,27+/m0/s1. The Bertz CT molecular complexity index is 883. The van der Waals surface area contributed by atoms with Crippen LogP contribution < -0.4 is 10.4 Å². The molecule has 1 aliphatic heterocycles. The molecule has 1 aliphatic rings. The highest BCUT2D eigenvalue weighted by molar-refractivity contribution is 6.99. The quantitative estimate of drug-likeness (QED) is 0.384. The highest BCUT2D eigenvalue weighted by Crippen LogP contribution is 2.40. The average molecular weight is 483 g/mol. The fraction of sp³-hybridized carbons (Fsp3) is 0.552. The second-order valence-corrected chi connectivity index (χ2v) is 15.7. The summed E-state index contributed by atoms with van der Waals surface area (Å²) in [5.41, 5.74) is 0. The number of ether oxygens (including phenoxy) is 2. The van der Waals surface area contributed by atoms with E-state index in [0.717, 1.165) is 6.29 Å². The van der Waals surface area contributed by atoms with E-state index in [1.165, 1.54) is 10.4 Å². The van der Waals surface area contributed by atoms with E-state index in [1.807, 2.05) is 20.8 Å². The number of aldehydes is 1. The van der Waals surface area contributed by atoms with Gasteiger partial charge in [-0.2, -0.15) is 0 Å². The van der Waals surface area contributed by atoms with Crippen LogP contribution in [0.15, 0.2) is 60.7 Å². The molecule has 186 valence electrons. The molecule has 34 heavy (non-hydrogen) atoms. The molecule has 3 rings (SSSR count). The maximum absolute atomic E-state index is 11.6. The molecule has 5 atom stereocenters. The van der Waals surface area contributed by atoms with Crippen molar-refractivity contribution in [2.24, 2.45) is 17.8 Å². The van der Waals surface area contributed by atoms with E-state index in [0.29, 0.717) is 6.61 Å². The first kappa shape index (κ1) is 26.8. The summed E-state index contributed by atoms with van der Waals surface area (Å²) in [6.45, 7) is 17.6. The third kappa shape index (κ3) is 5.38. The fourth-order valence-corrected chi connectivity index (χ4v) is 10.2. The molecule has 0 bridgehead atoms. The van der Waals surface area contributed by atoms with Gasteiger partial charge in [0.05, 0.1) is 12.2 Å². The Labute approximate surface area is 207 Å². The summed E-state index contributed by atoms with van der Waals surface area (Å²) in [4.78, 5) is 11.6. The third-order valence-corrected chi connectivity index (χ3v) is 12.2. The van der Waals surface area contributed by atoms with Crippen LogP contribution in [0.5, 0.6) is 0 Å². The lowest BCUT2D eigenvalue weighted by Gasteiger charge is -2.49. The van der Waals surface area contributed by atoms with E-state index in [4.69, 9.17) is 13.9 Å². The summed E-state index contributed by atoms with van der Waals surface area (Å²) in [6, 6.07) is 21.4. The number of benzene rings is 2. The molecular formula is C29H42O4Si. The van der Waals surface area contributed by atoms with Crippen molar-refractivity contribution in [2.45, 2.75) is 78.4 Å². The molecule has 0 radical (unpaired) electrons. The van der Waals surface area contributed by atoms with Crippen LogP contribution in [0.4, 0.5) is 0 Å². The highest BCUT2D eigenvalue weighted by atomic mass is 28.4. The minimum Gasteiger partial charge on any atom is -0.407 e. The largest absolute Gasteiger partial charge is 0.407 e. The molecule has 1 saturated heterocycles. The van der Waals surface area contributed by atoms with Crippen LogP contribution in [0.2, 0.25) is 5.04 Å². The van der Waals surface area contributed by atoms with Gasteiger partial charge in [0.2, 0.25) is 0 Å². The lowest BCUT2D eigenvalue weighted by molar-refractivity contribution is -0.332. The van der Waals surface area contributed by atoms with Crippen LogP contribution in [0.25, 0.3) is 0 Å². The van der Waals surface area contributed by atoms with Crippen LogP contribution in [0, 0.1) is 17.8 Å². The van der Waals surface area contributed by atoms with Crippen LogP contribution >= 0.6 is 0 Å². The van der Waals surface area contributed by atoms with E-state index in [2.05, 4.69) is 95.3 Å². The van der Waals surface area contributed by atoms with Gasteiger partial charge in [-0.3, -0.25) is 0 Å². The molecule has 1 heterocycles. The number of hydrogen-bond donors (Lipinski definition) is 0. The second-order valence-electron chi connectivity index (χ2n) is 11.4. The maximum atomic E-state index is 11.6. The molecule has 0 aliphatic carbocycles. The Kier molecular flexibility index (Phi) is 8.24. The van der Waals surface area contributed by atoms with Gasteiger partial charge in [-0.15, -0.1) is 0 Å². The third-order valence-electron chi connectivity index (χ3n) is 7.15. The number of rotatable bonds is 8. The van der Waals surface area contributed by atoms with Crippen molar-refractivity contribution in [1.29, 1.82) is 0 Å². The monoisotopic (exact) mass is 482 g/mol. The Morgan fingerprint density at radius 3 is 1.85 bits per heavy atom. The summed E-state index contributed by atoms with van der Waals surface area (Å²) >= 11 is 0. The van der Waals surface area contributed by atoms with E-state index in [9.17, 15) is 4.79 Å². The molecule has 0 spiro atoms. The molecule has 0 aromatic heterocycles. The van der Waals surface area contributed by atoms with Gasteiger partial charge in [-0.25, -0.2) is 0 Å². The van der Waals surface area contributed by atoms with Gasteiger partial charge in [0.25, 0.3) is 8.32 Å². The molecule has 2 aromatic carbocycles. The Balaban J connectivity index is 1.96. The number of carbonyl (C=O) groups excluding carboxylic acids is 1. The molecule has 0 amide bonds. The van der Waals surface area contributed by atoms with Crippen LogP contribution in [0.1, 0.15) is 55.4 Å². The Hall–Kier alpha value is -1.79. The highest BCUT2D eigenvalue weighted by Gasteiger charge is 2.51. The van der Waals surface area contributed by atoms with Crippen molar-refractivity contribution in [3.8, 4) is 0 Å². The molecule has 0 unspecified atom stereocenters. The number of hydrogen-bond acceptors (Lipinski definition) is 4. The SMILES string of the molecule is C[C@H]1[C@H]([C@@H](C)C=O)OC(C)(C)O[C@@H]1[C@H](C)CO[Si](c1ccccc1)(c1ccccc1)C(C)(C)C. The van der Waals surface area contributed by atoms with Crippen LogP contribution in [-0.2, 0) is 18.7 Å². The van der Waals surface area contributed by atoms with Gasteiger partial charge < -0.3 is 18.7 Å². The van der Waals surface area contributed by atoms with Crippen molar-refractivity contribution in [3.05, 3.63) is 60.7 Å². The van der Waals surface area contributed by atoms with Gasteiger partial charge in [0, 0.05) is 24.4 Å². The Morgan fingerprint density at radius 2 is 1.41 bits per heavy atom. The molecule has 0 N–H and O–H groups in total. The van der Waals surface area contributed by atoms with Crippen molar-refractivity contribution in [1.82, 2.24) is 0 Å². The van der Waals surface area contributed by atoms with Gasteiger partial charge in [-0.1, -0.05) is 102 Å². The summed E-state index contributed by atoms with van der Waals surface area (Å²) in [6.07, 6.45) is 0.735. The summed E-state index contributed by atoms with van der Waals surface area (Å²) in [7, 11) is -2.62. The number of carbonyl (C=O) groups is 1. The lowest BCUT2D eigenvalue weighted by atomic mass is 9.83. The first-order chi connectivity index (χ1) is 15.9. The average Bonchev–Trinajstić information content (AvgIpc) is 2.80. The minimum absolute atomic E-state index is 0.0747. The fourth-order valence-electron chi connectivity index (χ4n) is 5.50. The minimum atomic E-state index is -2.62. The molecular weight excluding hydrogens is 440 g/mol. The van der Waals surface area contributed by atoms with Gasteiger partial charge in [-0.05, 0) is 29.3 Å². The molecule has 0 saturated carbocycles. The molecule has 5 heteroatoms. The maximum Gasteiger partial charge on any atom is 0.261 e. The van der Waals surface area contributed by atoms with E-state index in [1.54, 1.807) is 0 Å². The summed E-state index contributed by atoms with van der Waals surface area (Å²) in [5.74, 6) is -0.734. The zero-order valence-corrected chi connectivity index (χ0v) is 23.1. The van der Waals surface area contributed by atoms with Crippen molar-refractivity contribution in [2.75, 3.05) is 6.61 Å². The van der Waals surface area contributed by atoms with Crippen molar-refractivity contribution in [3.63, 3.8) is 0 Å². The van der Waals surface area contributed by atoms with E-state index < -0.39 is 14.1 Å². The van der Waals surface area contributed by atoms with E-state index >= 15 is 0 Å². The molecule has 2 aromatic rings. The van der Waals surface area contributed by atoms with Gasteiger partial charge in [0.15, 0.2) is 5.79 Å². The van der Waals surface area contributed by atoms with Crippen molar-refractivity contribution < 1.29 is 18.7 Å². The van der Waals surface area contributed by atoms with Crippen LogP contribution in [0.3, 0.4) is 0 Å². The lowest BCUT2D eigenvalue weighted by Crippen LogP contribution is -2.67. The second kappa shape index (κ2) is 10.4. The summed E-state index contributed by atoms with van der Waals surface area (Å²) < 4.78 is 19.8. The van der Waals surface area contributed by atoms with Gasteiger partial charge in [0.1, 0.15) is 6.29 Å². The van der Waals surface area contributed by atoms with Gasteiger partial charge >= 0.3 is 0 Å². The molecule has 1 fully saturated rings. The first-order valence-corrected chi connectivity index (χ1v) is 14.4. The Morgan fingerprint density at radius 1 is 0.941 bits per heavy atom. The summed E-state index contributed by atoms with van der Waals surface area (Å²) in [5, 5.41) is 2.47. The topological polar surface area (TPSA) is 44.8 Å². The zero-order valence-electron chi connectivity index (χ0n) is 22.1. The normalized spacial score (nSPS) is 24.9. The molecule has 4 nitrogen and oxygen atoms in total. The van der Waals surface area contributed by atoms with E-state index in [-0.39, 0.29) is 35.0 Å².